The topological polar surface area (TPSA) is 95.7 Å². The molecule has 32 heavy (non-hydrogen) atoms. The number of nitrogens with one attached hydrogen (secondary N) is 1. The number of ether oxygens (including phenoxy) is 3. The predicted molar refractivity (Wildman–Crippen MR) is 119 cm³/mol. The van der Waals surface area contributed by atoms with Crippen LogP contribution < -0.4 is 20.5 Å². The van der Waals surface area contributed by atoms with Crippen molar-refractivity contribution in [2.45, 2.75) is 6.61 Å². The normalized spacial score (nSPS) is 10.6. The minimum atomic E-state index is -0.640. The molecule has 3 N–H and O–H groups in total. The van der Waals surface area contributed by atoms with E-state index in [1.165, 1.54) is 19.2 Å². The summed E-state index contributed by atoms with van der Waals surface area (Å²) in [6.45, 7) is 0.126. The molecule has 0 aliphatic heterocycles. The van der Waals surface area contributed by atoms with E-state index >= 15 is 0 Å². The Kier molecular flexibility index (Phi) is 6.03. The summed E-state index contributed by atoms with van der Waals surface area (Å²) in [7, 11) is 1.49. The molecule has 3 aromatic carbocycles. The number of nitrogens with zero attached hydrogens (tertiary/aromatic N) is 1. The number of methoxy groups -OCH3 is 1. The number of nitrogen functional groups attached to an aromatic ring is 1. The maximum absolute atomic E-state index is 13.8. The van der Waals surface area contributed by atoms with Crippen LogP contribution in [0.3, 0.4) is 0 Å². The van der Waals surface area contributed by atoms with E-state index in [1.807, 2.05) is 30.3 Å². The van der Waals surface area contributed by atoms with Gasteiger partial charge in [-0.2, -0.15) is 0 Å². The average molecular weight is 433 g/mol. The number of hydrogen-bond donors (Lipinski definition) is 2. The van der Waals surface area contributed by atoms with E-state index < -0.39 is 11.9 Å². The highest BCUT2D eigenvalue weighted by Crippen LogP contribution is 2.36. The van der Waals surface area contributed by atoms with Crippen LogP contribution in [-0.2, 0) is 11.3 Å². The highest BCUT2D eigenvalue weighted by molar-refractivity contribution is 5.95. The van der Waals surface area contributed by atoms with Crippen molar-refractivity contribution in [1.82, 2.24) is 4.98 Å². The van der Waals surface area contributed by atoms with Gasteiger partial charge >= 0.3 is 6.09 Å². The molecular weight excluding hydrogens is 413 g/mol. The van der Waals surface area contributed by atoms with Gasteiger partial charge in [0.2, 0.25) is 0 Å². The molecular formula is C24H20FN3O4. The Labute approximate surface area is 183 Å². The third kappa shape index (κ3) is 4.70. The number of benzene rings is 3. The summed E-state index contributed by atoms with van der Waals surface area (Å²) in [5, 5.41) is 3.27. The molecule has 0 fully saturated rings. The number of carbonyl (C=O) groups excluding carboxylic acids is 1. The van der Waals surface area contributed by atoms with E-state index in [9.17, 15) is 9.18 Å². The fourth-order valence-corrected chi connectivity index (χ4v) is 3.07. The first-order valence-corrected chi connectivity index (χ1v) is 9.71. The van der Waals surface area contributed by atoms with E-state index in [2.05, 4.69) is 10.3 Å². The smallest absolute Gasteiger partial charge is 0.412 e. The minimum Gasteiger partial charge on any atom is -0.494 e. The number of aromatic nitrogens is 1. The van der Waals surface area contributed by atoms with Crippen LogP contribution in [0.25, 0.3) is 10.9 Å². The molecule has 0 radical (unpaired) electrons. The molecule has 0 unspecified atom stereocenters. The number of amides is 1. The predicted octanol–water partition coefficient (Wildman–Crippen LogP) is 5.51. The first-order chi connectivity index (χ1) is 15.5. The van der Waals surface area contributed by atoms with Crippen LogP contribution in [0, 0.1) is 5.82 Å². The molecule has 4 rings (SSSR count). The van der Waals surface area contributed by atoms with E-state index in [-0.39, 0.29) is 18.0 Å². The average Bonchev–Trinajstić information content (AvgIpc) is 2.81. The van der Waals surface area contributed by atoms with Crippen LogP contribution >= 0.6 is 0 Å². The van der Waals surface area contributed by atoms with Gasteiger partial charge in [0.15, 0.2) is 0 Å². The van der Waals surface area contributed by atoms with Gasteiger partial charge in [-0.15, -0.1) is 0 Å². The summed E-state index contributed by atoms with van der Waals surface area (Å²) in [6.07, 6.45) is 0.921. The number of hydrogen-bond acceptors (Lipinski definition) is 6. The lowest BCUT2D eigenvalue weighted by Crippen LogP contribution is -2.14. The third-order valence-electron chi connectivity index (χ3n) is 4.67. The van der Waals surface area contributed by atoms with E-state index in [0.717, 1.165) is 5.56 Å². The Morgan fingerprint density at radius 3 is 2.62 bits per heavy atom. The molecule has 0 bridgehead atoms. The summed E-state index contributed by atoms with van der Waals surface area (Å²) < 4.78 is 30.3. The van der Waals surface area contributed by atoms with Crippen molar-refractivity contribution in [3.05, 3.63) is 84.3 Å². The zero-order chi connectivity index (χ0) is 22.5. The van der Waals surface area contributed by atoms with Crippen molar-refractivity contribution in [3.8, 4) is 17.2 Å². The lowest BCUT2D eigenvalue weighted by Gasteiger charge is -2.14. The minimum absolute atomic E-state index is 0.0298. The van der Waals surface area contributed by atoms with Crippen molar-refractivity contribution in [2.24, 2.45) is 0 Å². The molecule has 0 aliphatic rings. The third-order valence-corrected chi connectivity index (χ3v) is 4.67. The molecule has 1 aromatic heterocycles. The van der Waals surface area contributed by atoms with E-state index in [0.29, 0.717) is 28.1 Å². The van der Waals surface area contributed by atoms with Crippen LogP contribution in [0.5, 0.6) is 17.2 Å². The van der Waals surface area contributed by atoms with Gasteiger partial charge in [0, 0.05) is 23.7 Å². The zero-order valence-corrected chi connectivity index (χ0v) is 17.2. The molecule has 8 heteroatoms. The number of rotatable bonds is 6. The summed E-state index contributed by atoms with van der Waals surface area (Å²) >= 11 is 0. The molecule has 4 aromatic rings. The monoisotopic (exact) mass is 433 g/mol. The summed E-state index contributed by atoms with van der Waals surface area (Å²) in [5.41, 5.74) is 7.36. The summed E-state index contributed by atoms with van der Waals surface area (Å²) in [4.78, 5) is 16.7. The van der Waals surface area contributed by atoms with Gasteiger partial charge in [0.1, 0.15) is 29.7 Å². The molecule has 7 nitrogen and oxygen atoms in total. The number of nitrogens with two attached hydrogens (primary N) is 1. The second-order valence-electron chi connectivity index (χ2n) is 6.85. The van der Waals surface area contributed by atoms with Gasteiger partial charge < -0.3 is 19.9 Å². The standard InChI is InChI=1S/C24H20FN3O4/c1-30-23-13-20-17(12-21(23)28-24(29)31-14-15-5-3-2-4-6-15)22(9-10-27-20)32-16-7-8-19(26)18(25)11-16/h2-13H,14,26H2,1H3,(H,28,29). The van der Waals surface area contributed by atoms with Crippen LogP contribution in [0.15, 0.2) is 72.9 Å². The number of anilines is 2. The van der Waals surface area contributed by atoms with Crippen LogP contribution in [-0.4, -0.2) is 18.2 Å². The first-order valence-electron chi connectivity index (χ1n) is 9.71. The van der Waals surface area contributed by atoms with Crippen molar-refractivity contribution >= 4 is 28.4 Å². The van der Waals surface area contributed by atoms with Crippen LogP contribution in [0.1, 0.15) is 5.56 Å². The second kappa shape index (κ2) is 9.22. The van der Waals surface area contributed by atoms with E-state index in [4.69, 9.17) is 19.9 Å². The van der Waals surface area contributed by atoms with Crippen molar-refractivity contribution in [1.29, 1.82) is 0 Å². The van der Waals surface area contributed by atoms with Gasteiger partial charge in [-0.3, -0.25) is 10.3 Å². The SMILES string of the molecule is COc1cc2nccc(Oc3ccc(N)c(F)c3)c2cc1NC(=O)OCc1ccccc1. The van der Waals surface area contributed by atoms with Gasteiger partial charge in [-0.1, -0.05) is 30.3 Å². The molecule has 162 valence electrons. The molecule has 0 spiro atoms. The Hall–Kier alpha value is -4.33. The van der Waals surface area contributed by atoms with Crippen molar-refractivity contribution < 1.29 is 23.4 Å². The largest absolute Gasteiger partial charge is 0.494 e. The number of fused-ring (bicyclic) bond motifs is 1. The lowest BCUT2D eigenvalue weighted by atomic mass is 10.1. The zero-order valence-electron chi connectivity index (χ0n) is 17.2. The molecule has 1 heterocycles. The Bertz CT molecular complexity index is 1270. The second-order valence-corrected chi connectivity index (χ2v) is 6.85. The fourth-order valence-electron chi connectivity index (χ4n) is 3.07. The van der Waals surface area contributed by atoms with E-state index in [1.54, 1.807) is 30.5 Å². The number of halogens is 1. The quantitative estimate of drug-likeness (QED) is 0.390. The Morgan fingerprint density at radius 1 is 1.06 bits per heavy atom. The maximum atomic E-state index is 13.8. The van der Waals surface area contributed by atoms with Crippen LogP contribution in [0.2, 0.25) is 0 Å². The molecule has 1 amide bonds. The maximum Gasteiger partial charge on any atom is 0.412 e. The molecule has 0 atom stereocenters. The Morgan fingerprint density at radius 2 is 1.88 bits per heavy atom. The van der Waals surface area contributed by atoms with Gasteiger partial charge in [-0.05, 0) is 29.8 Å². The molecule has 0 saturated carbocycles. The highest BCUT2D eigenvalue weighted by Gasteiger charge is 2.14. The van der Waals surface area contributed by atoms with Crippen LogP contribution in [0.4, 0.5) is 20.6 Å². The fraction of sp³-hybridized carbons (Fsp3) is 0.0833. The summed E-state index contributed by atoms with van der Waals surface area (Å²) in [6, 6.07) is 18.5. The van der Waals surface area contributed by atoms with Gasteiger partial charge in [0.25, 0.3) is 0 Å². The number of carbonyl (C=O) groups is 1. The number of pyridine rings is 1. The van der Waals surface area contributed by atoms with Crippen molar-refractivity contribution in [2.75, 3.05) is 18.2 Å². The molecule has 0 aliphatic carbocycles. The van der Waals surface area contributed by atoms with Gasteiger partial charge in [-0.25, -0.2) is 9.18 Å². The lowest BCUT2D eigenvalue weighted by molar-refractivity contribution is 0.155. The molecule has 0 saturated heterocycles. The first kappa shape index (κ1) is 20.9. The van der Waals surface area contributed by atoms with Crippen molar-refractivity contribution in [3.63, 3.8) is 0 Å². The van der Waals surface area contributed by atoms with Gasteiger partial charge in [0.05, 0.1) is 24.0 Å². The Balaban J connectivity index is 1.60. The highest BCUT2D eigenvalue weighted by atomic mass is 19.1. The summed E-state index contributed by atoms with van der Waals surface area (Å²) in [5.74, 6) is 0.516.